The zero-order valence-electron chi connectivity index (χ0n) is 11.5. The first kappa shape index (κ1) is 14.2. The third kappa shape index (κ3) is 5.33. The normalized spacial score (nSPS) is 14.6. The SMILES string of the molecule is CCOCC(C)NC(C)Cc1ccccc1C. The summed E-state index contributed by atoms with van der Waals surface area (Å²) in [5, 5.41) is 3.57. The van der Waals surface area contributed by atoms with E-state index in [0.717, 1.165) is 19.6 Å². The van der Waals surface area contributed by atoms with Gasteiger partial charge < -0.3 is 10.1 Å². The van der Waals surface area contributed by atoms with Crippen molar-refractivity contribution in [3.05, 3.63) is 35.4 Å². The predicted molar refractivity (Wildman–Crippen MR) is 73.4 cm³/mol. The van der Waals surface area contributed by atoms with Crippen molar-refractivity contribution in [1.29, 1.82) is 0 Å². The lowest BCUT2D eigenvalue weighted by atomic mass is 10.0. The van der Waals surface area contributed by atoms with Crippen LogP contribution in [0.15, 0.2) is 24.3 Å². The van der Waals surface area contributed by atoms with E-state index in [1.807, 2.05) is 6.92 Å². The topological polar surface area (TPSA) is 21.3 Å². The Morgan fingerprint density at radius 2 is 1.88 bits per heavy atom. The zero-order valence-corrected chi connectivity index (χ0v) is 11.5. The van der Waals surface area contributed by atoms with Crippen molar-refractivity contribution < 1.29 is 4.74 Å². The van der Waals surface area contributed by atoms with Crippen LogP contribution in [-0.2, 0) is 11.2 Å². The molecule has 0 spiro atoms. The number of aryl methyl sites for hydroxylation is 1. The summed E-state index contributed by atoms with van der Waals surface area (Å²) in [5.41, 5.74) is 2.80. The molecule has 1 aromatic rings. The Hall–Kier alpha value is -0.860. The van der Waals surface area contributed by atoms with Gasteiger partial charge in [-0.2, -0.15) is 0 Å². The minimum Gasteiger partial charge on any atom is -0.380 e. The van der Waals surface area contributed by atoms with Gasteiger partial charge in [-0.05, 0) is 45.2 Å². The molecule has 1 N–H and O–H groups in total. The van der Waals surface area contributed by atoms with Crippen LogP contribution in [-0.4, -0.2) is 25.3 Å². The van der Waals surface area contributed by atoms with E-state index < -0.39 is 0 Å². The Labute approximate surface area is 105 Å². The molecule has 0 amide bonds. The maximum absolute atomic E-state index is 5.41. The van der Waals surface area contributed by atoms with Gasteiger partial charge in [-0.15, -0.1) is 0 Å². The molecule has 2 atom stereocenters. The molecule has 1 rings (SSSR count). The fourth-order valence-corrected chi connectivity index (χ4v) is 2.06. The monoisotopic (exact) mass is 235 g/mol. The molecule has 2 heteroatoms. The first-order valence-electron chi connectivity index (χ1n) is 6.51. The van der Waals surface area contributed by atoms with Gasteiger partial charge in [-0.3, -0.25) is 0 Å². The first-order valence-corrected chi connectivity index (χ1v) is 6.51. The predicted octanol–water partition coefficient (Wildman–Crippen LogP) is 2.94. The van der Waals surface area contributed by atoms with E-state index in [0.29, 0.717) is 12.1 Å². The molecule has 96 valence electrons. The van der Waals surface area contributed by atoms with Crippen LogP contribution in [0, 0.1) is 6.92 Å². The van der Waals surface area contributed by atoms with Crippen LogP contribution in [0.4, 0.5) is 0 Å². The first-order chi connectivity index (χ1) is 8.13. The van der Waals surface area contributed by atoms with Crippen molar-refractivity contribution in [1.82, 2.24) is 5.32 Å². The van der Waals surface area contributed by atoms with Crippen LogP contribution in [0.1, 0.15) is 31.9 Å². The second kappa shape index (κ2) is 7.46. The van der Waals surface area contributed by atoms with E-state index in [-0.39, 0.29) is 0 Å². The molecule has 17 heavy (non-hydrogen) atoms. The van der Waals surface area contributed by atoms with Gasteiger partial charge >= 0.3 is 0 Å². The number of hydrogen-bond acceptors (Lipinski definition) is 2. The van der Waals surface area contributed by atoms with Crippen molar-refractivity contribution in [3.8, 4) is 0 Å². The molecule has 2 unspecified atom stereocenters. The molecule has 0 bridgehead atoms. The summed E-state index contributed by atoms with van der Waals surface area (Å²) in [4.78, 5) is 0. The molecular formula is C15H25NO. The number of hydrogen-bond donors (Lipinski definition) is 1. The van der Waals surface area contributed by atoms with Gasteiger partial charge in [0.1, 0.15) is 0 Å². The molecule has 1 aromatic carbocycles. The standard InChI is InChI=1S/C15H25NO/c1-5-17-11-14(4)16-13(3)10-15-9-7-6-8-12(15)2/h6-9,13-14,16H,5,10-11H2,1-4H3. The summed E-state index contributed by atoms with van der Waals surface area (Å²) in [6.07, 6.45) is 1.07. The highest BCUT2D eigenvalue weighted by atomic mass is 16.5. The maximum atomic E-state index is 5.41. The molecule has 0 aliphatic rings. The summed E-state index contributed by atoms with van der Waals surface area (Å²) in [5.74, 6) is 0. The smallest absolute Gasteiger partial charge is 0.0616 e. The quantitative estimate of drug-likeness (QED) is 0.784. The minimum absolute atomic E-state index is 0.411. The van der Waals surface area contributed by atoms with E-state index in [9.17, 15) is 0 Å². The summed E-state index contributed by atoms with van der Waals surface area (Å²) < 4.78 is 5.41. The highest BCUT2D eigenvalue weighted by Gasteiger charge is 2.09. The van der Waals surface area contributed by atoms with E-state index in [2.05, 4.69) is 50.4 Å². The summed E-state index contributed by atoms with van der Waals surface area (Å²) in [6, 6.07) is 9.47. The van der Waals surface area contributed by atoms with Crippen molar-refractivity contribution in [2.45, 2.75) is 46.2 Å². The number of benzene rings is 1. The summed E-state index contributed by atoms with van der Waals surface area (Å²) in [7, 11) is 0. The van der Waals surface area contributed by atoms with Crippen LogP contribution in [0.2, 0.25) is 0 Å². The van der Waals surface area contributed by atoms with Gasteiger partial charge in [-0.1, -0.05) is 24.3 Å². The molecule has 0 aliphatic heterocycles. The Balaban J connectivity index is 2.39. The average Bonchev–Trinajstić information content (AvgIpc) is 2.29. The lowest BCUT2D eigenvalue weighted by molar-refractivity contribution is 0.124. The van der Waals surface area contributed by atoms with Gasteiger partial charge in [0.25, 0.3) is 0 Å². The molecule has 0 saturated carbocycles. The molecular weight excluding hydrogens is 210 g/mol. The van der Waals surface area contributed by atoms with Gasteiger partial charge in [-0.25, -0.2) is 0 Å². The van der Waals surface area contributed by atoms with Crippen LogP contribution >= 0.6 is 0 Å². The fraction of sp³-hybridized carbons (Fsp3) is 0.600. The second-order valence-corrected chi connectivity index (χ2v) is 4.76. The van der Waals surface area contributed by atoms with E-state index >= 15 is 0 Å². The van der Waals surface area contributed by atoms with Gasteiger partial charge in [0.2, 0.25) is 0 Å². The molecule has 0 radical (unpaired) electrons. The number of rotatable bonds is 7. The molecule has 0 saturated heterocycles. The molecule has 0 aromatic heterocycles. The number of ether oxygens (including phenoxy) is 1. The fourth-order valence-electron chi connectivity index (χ4n) is 2.06. The Morgan fingerprint density at radius 3 is 2.53 bits per heavy atom. The Kier molecular flexibility index (Phi) is 6.23. The summed E-state index contributed by atoms with van der Waals surface area (Å²) >= 11 is 0. The number of nitrogens with one attached hydrogen (secondary N) is 1. The van der Waals surface area contributed by atoms with E-state index in [1.54, 1.807) is 0 Å². The molecule has 0 heterocycles. The maximum Gasteiger partial charge on any atom is 0.0616 e. The molecule has 0 aliphatic carbocycles. The third-order valence-electron chi connectivity index (χ3n) is 2.93. The highest BCUT2D eigenvalue weighted by molar-refractivity contribution is 5.26. The lowest BCUT2D eigenvalue weighted by Gasteiger charge is -2.20. The third-order valence-corrected chi connectivity index (χ3v) is 2.93. The van der Waals surface area contributed by atoms with Crippen molar-refractivity contribution in [3.63, 3.8) is 0 Å². The van der Waals surface area contributed by atoms with E-state index in [1.165, 1.54) is 11.1 Å². The van der Waals surface area contributed by atoms with Crippen LogP contribution in [0.3, 0.4) is 0 Å². The van der Waals surface area contributed by atoms with Crippen molar-refractivity contribution in [2.24, 2.45) is 0 Å². The Bertz CT molecular complexity index is 324. The minimum atomic E-state index is 0.411. The van der Waals surface area contributed by atoms with Gasteiger partial charge in [0.15, 0.2) is 0 Å². The summed E-state index contributed by atoms with van der Waals surface area (Å²) in [6.45, 7) is 10.2. The van der Waals surface area contributed by atoms with Gasteiger partial charge in [0.05, 0.1) is 6.61 Å². The highest BCUT2D eigenvalue weighted by Crippen LogP contribution is 2.09. The average molecular weight is 235 g/mol. The van der Waals surface area contributed by atoms with Gasteiger partial charge in [0, 0.05) is 18.7 Å². The van der Waals surface area contributed by atoms with Crippen LogP contribution in [0.5, 0.6) is 0 Å². The van der Waals surface area contributed by atoms with Crippen molar-refractivity contribution in [2.75, 3.05) is 13.2 Å². The molecule has 0 fully saturated rings. The Morgan fingerprint density at radius 1 is 1.18 bits per heavy atom. The van der Waals surface area contributed by atoms with E-state index in [4.69, 9.17) is 4.74 Å². The largest absolute Gasteiger partial charge is 0.380 e. The molecule has 2 nitrogen and oxygen atoms in total. The lowest BCUT2D eigenvalue weighted by Crippen LogP contribution is -2.38. The zero-order chi connectivity index (χ0) is 12.7. The van der Waals surface area contributed by atoms with Crippen molar-refractivity contribution >= 4 is 0 Å². The van der Waals surface area contributed by atoms with Crippen LogP contribution < -0.4 is 5.32 Å². The van der Waals surface area contributed by atoms with Crippen LogP contribution in [0.25, 0.3) is 0 Å². The second-order valence-electron chi connectivity index (χ2n) is 4.76.